The highest BCUT2D eigenvalue weighted by molar-refractivity contribution is 5.54. The highest BCUT2D eigenvalue weighted by atomic mass is 16.3. The molecule has 1 aliphatic rings. The molecule has 1 saturated carbocycles. The Labute approximate surface area is 96.9 Å². The van der Waals surface area contributed by atoms with E-state index in [0.717, 1.165) is 0 Å². The Bertz CT molecular complexity index is 336. The first-order valence-corrected chi connectivity index (χ1v) is 6.02. The van der Waals surface area contributed by atoms with Gasteiger partial charge in [-0.15, -0.1) is 0 Å². The maximum atomic E-state index is 9.16. The smallest absolute Gasteiger partial charge is 0.0606 e. The number of aliphatic hydroxyl groups is 1. The number of hydrogen-bond donors (Lipinski definition) is 2. The highest BCUT2D eigenvalue weighted by Gasteiger charge is 2.25. The van der Waals surface area contributed by atoms with Crippen molar-refractivity contribution in [3.05, 3.63) is 29.8 Å². The van der Waals surface area contributed by atoms with E-state index < -0.39 is 0 Å². The molecule has 3 N–H and O–H groups in total. The van der Waals surface area contributed by atoms with E-state index in [0.29, 0.717) is 19.1 Å². The molecule has 1 aromatic rings. The van der Waals surface area contributed by atoms with Crippen LogP contribution in [0.4, 0.5) is 5.69 Å². The molecule has 2 rings (SSSR count). The van der Waals surface area contributed by atoms with Crippen LogP contribution in [-0.4, -0.2) is 24.3 Å². The number of benzene rings is 1. The van der Waals surface area contributed by atoms with Crippen LogP contribution in [0.3, 0.4) is 0 Å². The van der Waals surface area contributed by atoms with Gasteiger partial charge >= 0.3 is 0 Å². The lowest BCUT2D eigenvalue weighted by atomic mass is 9.90. The van der Waals surface area contributed by atoms with Gasteiger partial charge in [0.25, 0.3) is 0 Å². The number of nitrogens with two attached hydrogens (primary N) is 1. The van der Waals surface area contributed by atoms with Crippen molar-refractivity contribution in [1.29, 1.82) is 0 Å². The average Bonchev–Trinajstić information content (AvgIpc) is 2.26. The van der Waals surface area contributed by atoms with Crippen molar-refractivity contribution in [3.8, 4) is 0 Å². The third-order valence-corrected chi connectivity index (χ3v) is 3.38. The van der Waals surface area contributed by atoms with Crippen molar-refractivity contribution in [1.82, 2.24) is 0 Å². The van der Waals surface area contributed by atoms with E-state index in [2.05, 4.69) is 17.0 Å². The van der Waals surface area contributed by atoms with E-state index >= 15 is 0 Å². The van der Waals surface area contributed by atoms with Crippen LogP contribution in [0.25, 0.3) is 0 Å². The zero-order valence-corrected chi connectivity index (χ0v) is 9.60. The average molecular weight is 220 g/mol. The lowest BCUT2D eigenvalue weighted by molar-refractivity contribution is 0.283. The predicted molar refractivity (Wildman–Crippen MR) is 66.4 cm³/mol. The Balaban J connectivity index is 2.22. The molecule has 0 saturated heterocycles. The minimum absolute atomic E-state index is 0.204. The topological polar surface area (TPSA) is 49.5 Å². The summed E-state index contributed by atoms with van der Waals surface area (Å²) in [4.78, 5) is 2.31. The second kappa shape index (κ2) is 5.32. The molecule has 1 aliphatic carbocycles. The molecule has 16 heavy (non-hydrogen) atoms. The minimum atomic E-state index is 0.204. The zero-order chi connectivity index (χ0) is 11.4. The number of aliphatic hydroxyl groups excluding tert-OH is 1. The fourth-order valence-corrected chi connectivity index (χ4v) is 2.27. The largest absolute Gasteiger partial charge is 0.395 e. The molecule has 0 spiro atoms. The molecule has 0 atom stereocenters. The van der Waals surface area contributed by atoms with Crippen LogP contribution in [0.5, 0.6) is 0 Å². The van der Waals surface area contributed by atoms with Gasteiger partial charge < -0.3 is 15.7 Å². The molecule has 1 fully saturated rings. The predicted octanol–water partition coefficient (Wildman–Crippen LogP) is 1.50. The summed E-state index contributed by atoms with van der Waals surface area (Å²) in [5.41, 5.74) is 8.12. The van der Waals surface area contributed by atoms with Crippen molar-refractivity contribution < 1.29 is 5.11 Å². The normalized spacial score (nSPS) is 15.9. The number of nitrogens with zero attached hydrogens (tertiary/aromatic N) is 1. The Kier molecular flexibility index (Phi) is 3.80. The number of anilines is 1. The summed E-state index contributed by atoms with van der Waals surface area (Å²) in [6.45, 7) is 1.47. The first-order valence-electron chi connectivity index (χ1n) is 6.02. The van der Waals surface area contributed by atoms with Crippen LogP contribution in [-0.2, 0) is 6.54 Å². The molecular weight excluding hydrogens is 200 g/mol. The van der Waals surface area contributed by atoms with E-state index in [1.54, 1.807) is 0 Å². The Morgan fingerprint density at radius 3 is 2.62 bits per heavy atom. The van der Waals surface area contributed by atoms with Crippen molar-refractivity contribution in [3.63, 3.8) is 0 Å². The standard InChI is InChI=1S/C13H20N2O/c14-10-11-4-1-2-7-13(11)15(8-9-16)12-5-3-6-12/h1-2,4,7,12,16H,3,5-6,8-10,14H2. The maximum Gasteiger partial charge on any atom is 0.0606 e. The number of para-hydroxylation sites is 1. The van der Waals surface area contributed by atoms with Gasteiger partial charge in [0, 0.05) is 24.8 Å². The molecule has 88 valence electrons. The minimum Gasteiger partial charge on any atom is -0.395 e. The number of hydrogen-bond acceptors (Lipinski definition) is 3. The summed E-state index contributed by atoms with van der Waals surface area (Å²) in [5.74, 6) is 0. The van der Waals surface area contributed by atoms with Gasteiger partial charge in [-0.3, -0.25) is 0 Å². The Morgan fingerprint density at radius 2 is 2.06 bits per heavy atom. The van der Waals surface area contributed by atoms with Crippen LogP contribution in [0.1, 0.15) is 24.8 Å². The molecular formula is C13H20N2O. The molecule has 1 aromatic carbocycles. The van der Waals surface area contributed by atoms with Gasteiger partial charge in [0.1, 0.15) is 0 Å². The molecule has 0 unspecified atom stereocenters. The highest BCUT2D eigenvalue weighted by Crippen LogP contribution is 2.31. The van der Waals surface area contributed by atoms with E-state index in [4.69, 9.17) is 10.8 Å². The summed E-state index contributed by atoms with van der Waals surface area (Å²) in [7, 11) is 0. The van der Waals surface area contributed by atoms with Crippen LogP contribution in [0.2, 0.25) is 0 Å². The molecule has 0 aromatic heterocycles. The SMILES string of the molecule is NCc1ccccc1N(CCO)C1CCC1. The van der Waals surface area contributed by atoms with Gasteiger partial charge in [-0.05, 0) is 30.9 Å². The molecule has 0 heterocycles. The van der Waals surface area contributed by atoms with Crippen LogP contribution >= 0.6 is 0 Å². The molecule has 0 aliphatic heterocycles. The first kappa shape index (κ1) is 11.4. The van der Waals surface area contributed by atoms with Crippen LogP contribution < -0.4 is 10.6 Å². The monoisotopic (exact) mass is 220 g/mol. The maximum absolute atomic E-state index is 9.16. The zero-order valence-electron chi connectivity index (χ0n) is 9.60. The summed E-state index contributed by atoms with van der Waals surface area (Å²) in [5, 5.41) is 9.16. The number of rotatable bonds is 5. The van der Waals surface area contributed by atoms with Crippen molar-refractivity contribution >= 4 is 5.69 Å². The van der Waals surface area contributed by atoms with Gasteiger partial charge in [-0.1, -0.05) is 18.2 Å². The van der Waals surface area contributed by atoms with Crippen molar-refractivity contribution in [2.24, 2.45) is 5.73 Å². The van der Waals surface area contributed by atoms with Gasteiger partial charge in [0.2, 0.25) is 0 Å². The fraction of sp³-hybridized carbons (Fsp3) is 0.538. The summed E-state index contributed by atoms with van der Waals surface area (Å²) >= 11 is 0. The van der Waals surface area contributed by atoms with Crippen molar-refractivity contribution in [2.45, 2.75) is 31.8 Å². The quantitative estimate of drug-likeness (QED) is 0.790. The Hall–Kier alpha value is -1.06. The molecule has 0 radical (unpaired) electrons. The molecule has 0 amide bonds. The van der Waals surface area contributed by atoms with Gasteiger partial charge in [0.05, 0.1) is 6.61 Å². The molecule has 3 heteroatoms. The fourth-order valence-electron chi connectivity index (χ4n) is 2.27. The van der Waals surface area contributed by atoms with Gasteiger partial charge in [-0.2, -0.15) is 0 Å². The third kappa shape index (κ3) is 2.20. The van der Waals surface area contributed by atoms with E-state index in [1.165, 1.54) is 30.5 Å². The van der Waals surface area contributed by atoms with Gasteiger partial charge in [-0.25, -0.2) is 0 Å². The van der Waals surface area contributed by atoms with Gasteiger partial charge in [0.15, 0.2) is 0 Å². The van der Waals surface area contributed by atoms with E-state index in [-0.39, 0.29) is 6.61 Å². The summed E-state index contributed by atoms with van der Waals surface area (Å²) < 4.78 is 0. The summed E-state index contributed by atoms with van der Waals surface area (Å²) in [6, 6.07) is 8.83. The molecule has 3 nitrogen and oxygen atoms in total. The lowest BCUT2D eigenvalue weighted by Crippen LogP contribution is -2.42. The van der Waals surface area contributed by atoms with E-state index in [1.807, 2.05) is 12.1 Å². The van der Waals surface area contributed by atoms with Crippen LogP contribution in [0.15, 0.2) is 24.3 Å². The third-order valence-electron chi connectivity index (χ3n) is 3.38. The van der Waals surface area contributed by atoms with E-state index in [9.17, 15) is 0 Å². The summed E-state index contributed by atoms with van der Waals surface area (Å²) in [6.07, 6.45) is 3.77. The lowest BCUT2D eigenvalue weighted by Gasteiger charge is -2.40. The van der Waals surface area contributed by atoms with Crippen molar-refractivity contribution in [2.75, 3.05) is 18.1 Å². The Morgan fingerprint density at radius 1 is 1.31 bits per heavy atom. The first-order chi connectivity index (χ1) is 7.86. The second-order valence-corrected chi connectivity index (χ2v) is 4.33. The molecule has 0 bridgehead atoms. The van der Waals surface area contributed by atoms with Crippen LogP contribution in [0, 0.1) is 0 Å². The second-order valence-electron chi connectivity index (χ2n) is 4.33.